The number of aliphatic hydroxyl groups excluding tert-OH is 2. The first kappa shape index (κ1) is 14.5. The molecule has 0 heterocycles. The standard InChI is InChI=1S/C19H26O3/c1-19-10-9-12-11-5-7-16(20)18(21)14(11)4-3-13(12)15(19)6-8-17(19)22-2/h3-5,7,11-13,15-17,20-21H,6,8-10H2,1-2H3/t11-,12-,13-,15+,16?,17-,19+/m1/s1. The Labute approximate surface area is 132 Å². The van der Waals surface area contributed by atoms with Crippen LogP contribution in [0.5, 0.6) is 0 Å². The number of rotatable bonds is 1. The lowest BCUT2D eigenvalue weighted by Gasteiger charge is -2.51. The van der Waals surface area contributed by atoms with E-state index in [0.29, 0.717) is 29.3 Å². The van der Waals surface area contributed by atoms with Gasteiger partial charge in [0.05, 0.1) is 6.10 Å². The summed E-state index contributed by atoms with van der Waals surface area (Å²) in [4.78, 5) is 0. The van der Waals surface area contributed by atoms with E-state index in [0.717, 1.165) is 5.57 Å². The zero-order valence-corrected chi connectivity index (χ0v) is 13.4. The largest absolute Gasteiger partial charge is 0.509 e. The Morgan fingerprint density at radius 1 is 1.18 bits per heavy atom. The molecule has 120 valence electrons. The van der Waals surface area contributed by atoms with Crippen molar-refractivity contribution in [2.75, 3.05) is 7.11 Å². The van der Waals surface area contributed by atoms with Crippen molar-refractivity contribution in [3.05, 3.63) is 35.6 Å². The first-order valence-corrected chi connectivity index (χ1v) is 8.56. The van der Waals surface area contributed by atoms with Crippen molar-refractivity contribution >= 4 is 0 Å². The Morgan fingerprint density at radius 3 is 2.77 bits per heavy atom. The van der Waals surface area contributed by atoms with Gasteiger partial charge in [-0.1, -0.05) is 31.2 Å². The lowest BCUT2D eigenvalue weighted by molar-refractivity contribution is -0.0478. The third-order valence-electron chi connectivity index (χ3n) is 6.98. The molecule has 0 amide bonds. The molecule has 0 saturated heterocycles. The van der Waals surface area contributed by atoms with E-state index >= 15 is 0 Å². The quantitative estimate of drug-likeness (QED) is 0.730. The smallest absolute Gasteiger partial charge is 0.129 e. The molecule has 0 aromatic heterocycles. The number of ether oxygens (including phenoxy) is 1. The summed E-state index contributed by atoms with van der Waals surface area (Å²) < 4.78 is 5.78. The van der Waals surface area contributed by atoms with Gasteiger partial charge in [0.25, 0.3) is 0 Å². The van der Waals surface area contributed by atoms with E-state index in [9.17, 15) is 10.2 Å². The van der Waals surface area contributed by atoms with Crippen molar-refractivity contribution in [2.45, 2.75) is 44.8 Å². The molecule has 2 N–H and O–H groups in total. The van der Waals surface area contributed by atoms with Gasteiger partial charge in [0.1, 0.15) is 11.9 Å². The second kappa shape index (κ2) is 4.97. The molecule has 22 heavy (non-hydrogen) atoms. The Morgan fingerprint density at radius 2 is 2.00 bits per heavy atom. The highest BCUT2D eigenvalue weighted by molar-refractivity contribution is 5.39. The SMILES string of the molecule is CO[C@@H]1CC[C@H]2[C@@H]3C=CC4=C(O)C(O)C=C[C@@H]4[C@H]3CC[C@]12C. The number of allylic oxidation sites excluding steroid dienone is 4. The van der Waals surface area contributed by atoms with Gasteiger partial charge < -0.3 is 14.9 Å². The Hall–Kier alpha value is -1.06. The fourth-order valence-electron chi connectivity index (χ4n) is 5.80. The number of methoxy groups -OCH3 is 1. The van der Waals surface area contributed by atoms with E-state index in [4.69, 9.17) is 4.74 Å². The van der Waals surface area contributed by atoms with Crippen molar-refractivity contribution in [1.29, 1.82) is 0 Å². The summed E-state index contributed by atoms with van der Waals surface area (Å²) in [6.07, 6.45) is 12.6. The minimum Gasteiger partial charge on any atom is -0.509 e. The Balaban J connectivity index is 1.70. The third kappa shape index (κ3) is 1.82. The number of hydrogen-bond acceptors (Lipinski definition) is 3. The van der Waals surface area contributed by atoms with Crippen LogP contribution in [0.1, 0.15) is 32.6 Å². The van der Waals surface area contributed by atoms with Gasteiger partial charge in [0, 0.05) is 13.0 Å². The summed E-state index contributed by atoms with van der Waals surface area (Å²) >= 11 is 0. The Kier molecular flexibility index (Phi) is 3.28. The van der Waals surface area contributed by atoms with E-state index in [1.54, 1.807) is 6.08 Å². The van der Waals surface area contributed by atoms with E-state index in [2.05, 4.69) is 25.2 Å². The fraction of sp³-hybridized carbons (Fsp3) is 0.684. The van der Waals surface area contributed by atoms with Crippen LogP contribution in [-0.4, -0.2) is 29.5 Å². The van der Waals surface area contributed by atoms with Gasteiger partial charge in [-0.15, -0.1) is 0 Å². The maximum Gasteiger partial charge on any atom is 0.129 e. The monoisotopic (exact) mass is 302 g/mol. The van der Waals surface area contributed by atoms with Crippen LogP contribution in [0, 0.1) is 29.1 Å². The van der Waals surface area contributed by atoms with E-state index in [1.165, 1.54) is 25.7 Å². The summed E-state index contributed by atoms with van der Waals surface area (Å²) in [6.45, 7) is 2.41. The molecule has 0 radical (unpaired) electrons. The average molecular weight is 302 g/mol. The molecule has 3 nitrogen and oxygen atoms in total. The molecule has 0 aliphatic heterocycles. The van der Waals surface area contributed by atoms with Crippen molar-refractivity contribution in [1.82, 2.24) is 0 Å². The molecular formula is C19H26O3. The predicted molar refractivity (Wildman–Crippen MR) is 85.3 cm³/mol. The molecule has 2 saturated carbocycles. The van der Waals surface area contributed by atoms with Crippen LogP contribution in [0.15, 0.2) is 35.6 Å². The van der Waals surface area contributed by atoms with Crippen LogP contribution in [-0.2, 0) is 4.74 Å². The normalized spacial score (nSPS) is 49.8. The van der Waals surface area contributed by atoms with Gasteiger partial charge in [-0.05, 0) is 54.4 Å². The summed E-state index contributed by atoms with van der Waals surface area (Å²) in [5.41, 5.74) is 1.22. The minimum atomic E-state index is -0.828. The van der Waals surface area contributed by atoms with Crippen LogP contribution < -0.4 is 0 Å². The van der Waals surface area contributed by atoms with Crippen molar-refractivity contribution in [3.8, 4) is 0 Å². The average Bonchev–Trinajstić information content (AvgIpc) is 2.87. The lowest BCUT2D eigenvalue weighted by atomic mass is 9.54. The minimum absolute atomic E-state index is 0.150. The molecule has 3 heteroatoms. The van der Waals surface area contributed by atoms with E-state index in [1.807, 2.05) is 7.11 Å². The molecule has 1 unspecified atom stereocenters. The molecule has 2 fully saturated rings. The van der Waals surface area contributed by atoms with Crippen molar-refractivity contribution in [2.24, 2.45) is 29.1 Å². The zero-order chi connectivity index (χ0) is 15.5. The van der Waals surface area contributed by atoms with E-state index in [-0.39, 0.29) is 11.7 Å². The highest BCUT2D eigenvalue weighted by atomic mass is 16.5. The van der Waals surface area contributed by atoms with Crippen LogP contribution in [0.3, 0.4) is 0 Å². The number of hydrogen-bond donors (Lipinski definition) is 2. The summed E-state index contributed by atoms with van der Waals surface area (Å²) in [5, 5.41) is 20.0. The maximum atomic E-state index is 10.2. The molecule has 4 aliphatic carbocycles. The zero-order valence-electron chi connectivity index (χ0n) is 13.4. The fourth-order valence-corrected chi connectivity index (χ4v) is 5.80. The summed E-state index contributed by atoms with van der Waals surface area (Å²) in [7, 11) is 1.85. The molecule has 0 bridgehead atoms. The van der Waals surface area contributed by atoms with Crippen molar-refractivity contribution < 1.29 is 14.9 Å². The van der Waals surface area contributed by atoms with Gasteiger partial charge in [-0.3, -0.25) is 0 Å². The van der Waals surface area contributed by atoms with Gasteiger partial charge >= 0.3 is 0 Å². The molecule has 0 spiro atoms. The Bertz CT molecular complexity index is 561. The molecule has 0 aromatic carbocycles. The topological polar surface area (TPSA) is 49.7 Å². The molecule has 4 rings (SSSR count). The number of aliphatic hydroxyl groups is 2. The van der Waals surface area contributed by atoms with Crippen LogP contribution in [0.4, 0.5) is 0 Å². The highest BCUT2D eigenvalue weighted by Gasteiger charge is 2.55. The van der Waals surface area contributed by atoms with E-state index < -0.39 is 6.10 Å². The first-order chi connectivity index (χ1) is 10.6. The van der Waals surface area contributed by atoms with Crippen LogP contribution >= 0.6 is 0 Å². The third-order valence-corrected chi connectivity index (χ3v) is 6.98. The molecule has 4 aliphatic rings. The van der Waals surface area contributed by atoms with Crippen LogP contribution in [0.2, 0.25) is 0 Å². The molecule has 7 atom stereocenters. The van der Waals surface area contributed by atoms with Gasteiger partial charge in [0.2, 0.25) is 0 Å². The lowest BCUT2D eigenvalue weighted by Crippen LogP contribution is -2.46. The first-order valence-electron chi connectivity index (χ1n) is 8.56. The van der Waals surface area contributed by atoms with Gasteiger partial charge in [-0.2, -0.15) is 0 Å². The predicted octanol–water partition coefficient (Wildman–Crippen LogP) is 3.37. The summed E-state index contributed by atoms with van der Waals surface area (Å²) in [5.74, 6) is 2.22. The maximum absolute atomic E-state index is 10.2. The van der Waals surface area contributed by atoms with Crippen LogP contribution in [0.25, 0.3) is 0 Å². The second-order valence-electron chi connectivity index (χ2n) is 7.75. The molecule has 0 aromatic rings. The summed E-state index contributed by atoms with van der Waals surface area (Å²) in [6, 6.07) is 0. The second-order valence-corrected chi connectivity index (χ2v) is 7.75. The molecular weight excluding hydrogens is 276 g/mol. The highest BCUT2D eigenvalue weighted by Crippen LogP contribution is 2.60. The number of fused-ring (bicyclic) bond motifs is 5. The van der Waals surface area contributed by atoms with Gasteiger partial charge in [0.15, 0.2) is 0 Å². The van der Waals surface area contributed by atoms with Crippen molar-refractivity contribution in [3.63, 3.8) is 0 Å². The van der Waals surface area contributed by atoms with Gasteiger partial charge in [-0.25, -0.2) is 0 Å².